The number of carbonyl (C=O) groups is 2. The summed E-state index contributed by atoms with van der Waals surface area (Å²) in [4.78, 5) is 27.2. The topological polar surface area (TPSA) is 83.2 Å². The van der Waals surface area contributed by atoms with Crippen LogP contribution in [0.3, 0.4) is 0 Å². The van der Waals surface area contributed by atoms with Crippen LogP contribution in [0.25, 0.3) is 10.9 Å². The molecule has 0 fully saturated rings. The number of nitrogens with one attached hydrogen (secondary N) is 3. The molecule has 6 heteroatoms. The minimum atomic E-state index is -0.532. The number of alkyl carbamates (subject to hydrolysis) is 1. The summed E-state index contributed by atoms with van der Waals surface area (Å²) < 4.78 is 5.20. The molecular formula is C21H23N3O3. The predicted octanol–water partition coefficient (Wildman–Crippen LogP) is 4.44. The monoisotopic (exact) mass is 365 g/mol. The van der Waals surface area contributed by atoms with Crippen molar-refractivity contribution in [3.8, 4) is 0 Å². The van der Waals surface area contributed by atoms with Gasteiger partial charge in [0, 0.05) is 34.9 Å². The lowest BCUT2D eigenvalue weighted by Crippen LogP contribution is -2.32. The molecule has 3 N–H and O–H groups in total. The van der Waals surface area contributed by atoms with Gasteiger partial charge in [0.1, 0.15) is 5.60 Å². The Balaban J connectivity index is 1.57. The number of ether oxygens (including phenoxy) is 1. The molecule has 27 heavy (non-hydrogen) atoms. The van der Waals surface area contributed by atoms with Crippen molar-refractivity contribution in [2.24, 2.45) is 0 Å². The maximum atomic E-state index is 12.4. The summed E-state index contributed by atoms with van der Waals surface area (Å²) >= 11 is 0. The van der Waals surface area contributed by atoms with Crippen LogP contribution in [0.2, 0.25) is 0 Å². The SMILES string of the molecule is CC(C)(C)OC(=O)NCc1ccc(C(=O)Nc2ccc3[nH]ccc3c2)cc1. The Morgan fingerprint density at radius 2 is 1.78 bits per heavy atom. The molecule has 3 aromatic rings. The van der Waals surface area contributed by atoms with Crippen molar-refractivity contribution in [2.75, 3.05) is 5.32 Å². The summed E-state index contributed by atoms with van der Waals surface area (Å²) in [6.07, 6.45) is 1.39. The van der Waals surface area contributed by atoms with Gasteiger partial charge in [-0.25, -0.2) is 4.79 Å². The third kappa shape index (κ3) is 5.10. The van der Waals surface area contributed by atoms with Gasteiger partial charge in [-0.3, -0.25) is 4.79 Å². The number of hydrogen-bond acceptors (Lipinski definition) is 3. The Labute approximate surface area is 157 Å². The molecule has 0 aliphatic rings. The Morgan fingerprint density at radius 3 is 2.48 bits per heavy atom. The molecule has 2 aromatic carbocycles. The first kappa shape index (κ1) is 18.5. The molecule has 0 bridgehead atoms. The van der Waals surface area contributed by atoms with Crippen molar-refractivity contribution in [3.05, 3.63) is 65.9 Å². The van der Waals surface area contributed by atoms with Crippen molar-refractivity contribution >= 4 is 28.6 Å². The number of fused-ring (bicyclic) bond motifs is 1. The van der Waals surface area contributed by atoms with Crippen molar-refractivity contribution < 1.29 is 14.3 Å². The molecule has 0 spiro atoms. The number of hydrogen-bond donors (Lipinski definition) is 3. The van der Waals surface area contributed by atoms with Gasteiger partial charge in [0.15, 0.2) is 0 Å². The molecule has 1 aromatic heterocycles. The normalized spacial score (nSPS) is 11.2. The number of rotatable bonds is 4. The second-order valence-electron chi connectivity index (χ2n) is 7.29. The summed E-state index contributed by atoms with van der Waals surface area (Å²) in [5.74, 6) is -0.184. The predicted molar refractivity (Wildman–Crippen MR) is 106 cm³/mol. The molecule has 0 saturated carbocycles. The maximum Gasteiger partial charge on any atom is 0.407 e. The number of aromatic nitrogens is 1. The van der Waals surface area contributed by atoms with Crippen LogP contribution in [0.4, 0.5) is 10.5 Å². The van der Waals surface area contributed by atoms with Gasteiger partial charge in [-0.1, -0.05) is 12.1 Å². The van der Waals surface area contributed by atoms with Gasteiger partial charge in [-0.2, -0.15) is 0 Å². The fourth-order valence-electron chi connectivity index (χ4n) is 2.60. The lowest BCUT2D eigenvalue weighted by Gasteiger charge is -2.19. The van der Waals surface area contributed by atoms with Crippen molar-refractivity contribution in [2.45, 2.75) is 32.9 Å². The highest BCUT2D eigenvalue weighted by atomic mass is 16.6. The lowest BCUT2D eigenvalue weighted by atomic mass is 10.1. The number of amides is 2. The third-order valence-electron chi connectivity index (χ3n) is 3.86. The average Bonchev–Trinajstić information content (AvgIpc) is 3.06. The molecule has 140 valence electrons. The van der Waals surface area contributed by atoms with E-state index in [9.17, 15) is 9.59 Å². The highest BCUT2D eigenvalue weighted by molar-refractivity contribution is 6.05. The Hall–Kier alpha value is -3.28. The van der Waals surface area contributed by atoms with E-state index in [4.69, 9.17) is 4.74 Å². The lowest BCUT2D eigenvalue weighted by molar-refractivity contribution is 0.0523. The van der Waals surface area contributed by atoms with Crippen molar-refractivity contribution in [1.82, 2.24) is 10.3 Å². The molecule has 1 heterocycles. The van der Waals surface area contributed by atoms with Crippen LogP contribution in [-0.2, 0) is 11.3 Å². The average molecular weight is 365 g/mol. The first-order valence-corrected chi connectivity index (χ1v) is 8.74. The van der Waals surface area contributed by atoms with Crippen LogP contribution in [0, 0.1) is 0 Å². The molecule has 0 atom stereocenters. The molecular weight excluding hydrogens is 342 g/mol. The molecule has 3 rings (SSSR count). The summed E-state index contributed by atoms with van der Waals surface area (Å²) in [5, 5.41) is 6.63. The van der Waals surface area contributed by atoms with E-state index in [0.29, 0.717) is 12.1 Å². The van der Waals surface area contributed by atoms with E-state index in [0.717, 1.165) is 22.2 Å². The third-order valence-corrected chi connectivity index (χ3v) is 3.86. The molecule has 0 radical (unpaired) electrons. The van der Waals surface area contributed by atoms with Gasteiger partial charge >= 0.3 is 6.09 Å². The smallest absolute Gasteiger partial charge is 0.407 e. The van der Waals surface area contributed by atoms with Crippen LogP contribution >= 0.6 is 0 Å². The van der Waals surface area contributed by atoms with E-state index in [1.165, 1.54) is 0 Å². The molecule has 0 unspecified atom stereocenters. The highest BCUT2D eigenvalue weighted by Crippen LogP contribution is 2.18. The van der Waals surface area contributed by atoms with E-state index in [1.54, 1.807) is 12.1 Å². The Bertz CT molecular complexity index is 953. The molecule has 0 aliphatic carbocycles. The molecule has 0 aliphatic heterocycles. The zero-order valence-electron chi connectivity index (χ0n) is 15.6. The fourth-order valence-corrected chi connectivity index (χ4v) is 2.60. The van der Waals surface area contributed by atoms with E-state index >= 15 is 0 Å². The second-order valence-corrected chi connectivity index (χ2v) is 7.29. The largest absolute Gasteiger partial charge is 0.444 e. The van der Waals surface area contributed by atoms with Crippen molar-refractivity contribution in [3.63, 3.8) is 0 Å². The Kier molecular flexibility index (Phi) is 5.16. The van der Waals surface area contributed by atoms with E-state index in [1.807, 2.05) is 63.4 Å². The first-order valence-electron chi connectivity index (χ1n) is 8.74. The van der Waals surface area contributed by atoms with Gasteiger partial charge < -0.3 is 20.4 Å². The molecule has 0 saturated heterocycles. The van der Waals surface area contributed by atoms with E-state index < -0.39 is 11.7 Å². The zero-order valence-corrected chi connectivity index (χ0v) is 15.6. The van der Waals surface area contributed by atoms with Gasteiger partial charge in [-0.05, 0) is 62.7 Å². The minimum Gasteiger partial charge on any atom is -0.444 e. The van der Waals surface area contributed by atoms with E-state index in [-0.39, 0.29) is 5.91 Å². The van der Waals surface area contributed by atoms with Gasteiger partial charge in [0.05, 0.1) is 0 Å². The van der Waals surface area contributed by atoms with Gasteiger partial charge in [0.25, 0.3) is 5.91 Å². The van der Waals surface area contributed by atoms with Gasteiger partial charge in [-0.15, -0.1) is 0 Å². The Morgan fingerprint density at radius 1 is 1.04 bits per heavy atom. The van der Waals surface area contributed by atoms with Gasteiger partial charge in [0.2, 0.25) is 0 Å². The number of aromatic amines is 1. The summed E-state index contributed by atoms with van der Waals surface area (Å²) in [7, 11) is 0. The summed E-state index contributed by atoms with van der Waals surface area (Å²) in [6, 6.07) is 14.7. The minimum absolute atomic E-state index is 0.184. The van der Waals surface area contributed by atoms with Crippen molar-refractivity contribution in [1.29, 1.82) is 0 Å². The fraction of sp³-hybridized carbons (Fsp3) is 0.238. The highest BCUT2D eigenvalue weighted by Gasteiger charge is 2.15. The number of benzene rings is 2. The zero-order chi connectivity index (χ0) is 19.4. The molecule has 2 amide bonds. The quantitative estimate of drug-likeness (QED) is 0.639. The van der Waals surface area contributed by atoms with Crippen LogP contribution in [0.15, 0.2) is 54.7 Å². The summed E-state index contributed by atoms with van der Waals surface area (Å²) in [6.45, 7) is 5.77. The van der Waals surface area contributed by atoms with Crippen LogP contribution in [-0.4, -0.2) is 22.6 Å². The van der Waals surface area contributed by atoms with Crippen LogP contribution < -0.4 is 10.6 Å². The summed E-state index contributed by atoms with van der Waals surface area (Å²) in [5.41, 5.74) is 2.66. The second kappa shape index (κ2) is 7.53. The first-order chi connectivity index (χ1) is 12.8. The van der Waals surface area contributed by atoms with Crippen LogP contribution in [0.1, 0.15) is 36.7 Å². The van der Waals surface area contributed by atoms with E-state index in [2.05, 4.69) is 15.6 Å². The van der Waals surface area contributed by atoms with Crippen LogP contribution in [0.5, 0.6) is 0 Å². The standard InChI is InChI=1S/C21H23N3O3/c1-21(2,3)27-20(26)23-13-14-4-6-15(7-5-14)19(25)24-17-8-9-18-16(12-17)10-11-22-18/h4-12,22H,13H2,1-3H3,(H,23,26)(H,24,25). The number of H-pyrrole nitrogens is 1. The maximum absolute atomic E-state index is 12.4. The number of anilines is 1. The molecule has 6 nitrogen and oxygen atoms in total. The number of carbonyl (C=O) groups excluding carboxylic acids is 2.